The molecular formula is C7H4BrF3Pd. The van der Waals surface area contributed by atoms with Crippen LogP contribution >= 0.6 is 13.4 Å². The van der Waals surface area contributed by atoms with Crippen molar-refractivity contribution in [2.45, 2.75) is 6.18 Å². The second-order valence-corrected chi connectivity index (χ2v) is 4.70. The van der Waals surface area contributed by atoms with Crippen LogP contribution in [-0.2, 0) is 22.1 Å². The Morgan fingerprint density at radius 1 is 1.08 bits per heavy atom. The topological polar surface area (TPSA) is 0 Å². The van der Waals surface area contributed by atoms with Gasteiger partial charge >= 0.3 is 82.6 Å². The van der Waals surface area contributed by atoms with Crippen molar-refractivity contribution >= 4 is 17.5 Å². The maximum atomic E-state index is 12.0. The van der Waals surface area contributed by atoms with Gasteiger partial charge in [0.2, 0.25) is 0 Å². The zero-order chi connectivity index (χ0) is 9.19. The molecule has 0 radical (unpaired) electrons. The van der Waals surface area contributed by atoms with Gasteiger partial charge in [-0.25, -0.2) is 0 Å². The number of hydrogen-bond acceptors (Lipinski definition) is 0. The molecule has 0 aliphatic rings. The van der Waals surface area contributed by atoms with E-state index in [1.807, 2.05) is 0 Å². The Kier molecular flexibility index (Phi) is 3.33. The van der Waals surface area contributed by atoms with Crippen molar-refractivity contribution in [3.8, 4) is 0 Å². The van der Waals surface area contributed by atoms with Gasteiger partial charge in [-0.3, -0.25) is 0 Å². The molecule has 0 bridgehead atoms. The van der Waals surface area contributed by atoms with Crippen molar-refractivity contribution in [1.82, 2.24) is 0 Å². The summed E-state index contributed by atoms with van der Waals surface area (Å²) in [6, 6.07) is 5.14. The van der Waals surface area contributed by atoms with Crippen LogP contribution in [0.25, 0.3) is 0 Å². The van der Waals surface area contributed by atoms with E-state index in [4.69, 9.17) is 0 Å². The first kappa shape index (κ1) is 10.2. The predicted molar refractivity (Wildman–Crippen MR) is 40.0 cm³/mol. The molecule has 5 heteroatoms. The Morgan fingerprint density at radius 2 is 1.58 bits per heavy atom. The number of hydrogen-bond donors (Lipinski definition) is 0. The zero-order valence-corrected chi connectivity index (χ0v) is 8.78. The average molecular weight is 331 g/mol. The molecule has 0 unspecified atom stereocenters. The quantitative estimate of drug-likeness (QED) is 0.694. The van der Waals surface area contributed by atoms with Crippen LogP contribution in [0.15, 0.2) is 24.3 Å². The summed E-state index contributed by atoms with van der Waals surface area (Å²) in [5.41, 5.74) is -0.596. The monoisotopic (exact) mass is 330 g/mol. The van der Waals surface area contributed by atoms with Crippen LogP contribution in [-0.4, -0.2) is 0 Å². The first-order chi connectivity index (χ1) is 5.54. The van der Waals surface area contributed by atoms with Crippen LogP contribution in [0.4, 0.5) is 13.2 Å². The summed E-state index contributed by atoms with van der Waals surface area (Å²) < 4.78 is 36.9. The van der Waals surface area contributed by atoms with Crippen LogP contribution in [0.1, 0.15) is 5.56 Å². The van der Waals surface area contributed by atoms with Gasteiger partial charge in [-0.15, -0.1) is 0 Å². The van der Waals surface area contributed by atoms with Crippen LogP contribution in [0.5, 0.6) is 0 Å². The van der Waals surface area contributed by atoms with Crippen molar-refractivity contribution in [1.29, 1.82) is 0 Å². The molecule has 0 aromatic heterocycles. The molecule has 1 rings (SSSR count). The molecule has 0 aliphatic carbocycles. The molecular weight excluding hydrogens is 327 g/mol. The first-order valence-corrected chi connectivity index (χ1v) is 7.25. The Balaban J connectivity index is 2.93. The van der Waals surface area contributed by atoms with E-state index in [1.165, 1.54) is 12.1 Å². The molecule has 0 amide bonds. The van der Waals surface area contributed by atoms with Gasteiger partial charge in [0, 0.05) is 0 Å². The fourth-order valence-corrected chi connectivity index (χ4v) is 2.11. The first-order valence-electron chi connectivity index (χ1n) is 2.92. The summed E-state index contributed by atoms with van der Waals surface area (Å²) in [6.07, 6.45) is -4.23. The van der Waals surface area contributed by atoms with Crippen molar-refractivity contribution in [3.63, 3.8) is 0 Å². The van der Waals surface area contributed by atoms with Crippen molar-refractivity contribution < 1.29 is 29.1 Å². The van der Waals surface area contributed by atoms with E-state index in [1.54, 1.807) is 0 Å². The Labute approximate surface area is 82.5 Å². The van der Waals surface area contributed by atoms with Crippen molar-refractivity contribution in [2.24, 2.45) is 0 Å². The summed E-state index contributed by atoms with van der Waals surface area (Å²) in [4.78, 5) is 0. The molecule has 0 fully saturated rings. The minimum absolute atomic E-state index is 0.179. The van der Waals surface area contributed by atoms with Gasteiger partial charge in [-0.2, -0.15) is 0 Å². The predicted octanol–water partition coefficient (Wildman–Crippen LogP) is 2.72. The zero-order valence-electron chi connectivity index (χ0n) is 5.64. The molecule has 0 saturated heterocycles. The van der Waals surface area contributed by atoms with E-state index in [2.05, 4.69) is 13.4 Å². The fraction of sp³-hybridized carbons (Fsp3) is 0.143. The normalized spacial score (nSPS) is 12.0. The Morgan fingerprint density at radius 3 is 1.92 bits per heavy atom. The van der Waals surface area contributed by atoms with Crippen LogP contribution in [0, 0.1) is 0 Å². The van der Waals surface area contributed by atoms with E-state index in [9.17, 15) is 13.2 Å². The summed E-state index contributed by atoms with van der Waals surface area (Å²) in [5, 5.41) is 0. The Hall–Kier alpha value is 0.152. The molecule has 70 valence electrons. The number of benzene rings is 1. The van der Waals surface area contributed by atoms with Gasteiger partial charge in [-0.1, -0.05) is 0 Å². The summed E-state index contributed by atoms with van der Waals surface area (Å²) >= 11 is 3.38. The third kappa shape index (κ3) is 2.58. The molecule has 0 aliphatic heterocycles. The average Bonchev–Trinajstić information content (AvgIpc) is 2.03. The minimum atomic E-state index is -4.23. The Bertz CT molecular complexity index is 254. The van der Waals surface area contributed by atoms with Crippen LogP contribution in [0.2, 0.25) is 0 Å². The SMILES string of the molecule is FC(F)(F)c1cc[c]([Pd][Br])cc1. The molecule has 0 spiro atoms. The van der Waals surface area contributed by atoms with E-state index in [-0.39, 0.29) is 16.0 Å². The van der Waals surface area contributed by atoms with Gasteiger partial charge in [0.15, 0.2) is 0 Å². The van der Waals surface area contributed by atoms with Gasteiger partial charge in [0.05, 0.1) is 0 Å². The van der Waals surface area contributed by atoms with Gasteiger partial charge in [0.25, 0.3) is 0 Å². The van der Waals surface area contributed by atoms with Crippen molar-refractivity contribution in [3.05, 3.63) is 29.8 Å². The third-order valence-electron chi connectivity index (χ3n) is 1.22. The molecule has 0 N–H and O–H groups in total. The van der Waals surface area contributed by atoms with E-state index >= 15 is 0 Å². The summed E-state index contributed by atoms with van der Waals surface area (Å²) in [6.45, 7) is 0. The van der Waals surface area contributed by atoms with E-state index in [0.717, 1.165) is 16.2 Å². The molecule has 1 aromatic rings. The van der Waals surface area contributed by atoms with Crippen molar-refractivity contribution in [2.75, 3.05) is 0 Å². The van der Waals surface area contributed by atoms with Gasteiger partial charge in [0.1, 0.15) is 0 Å². The number of alkyl halides is 3. The van der Waals surface area contributed by atoms with Gasteiger partial charge < -0.3 is 0 Å². The summed E-state index contributed by atoms with van der Waals surface area (Å²) in [7, 11) is 0. The fourth-order valence-electron chi connectivity index (χ4n) is 0.668. The van der Waals surface area contributed by atoms with E-state index in [0.29, 0.717) is 0 Å². The van der Waals surface area contributed by atoms with Gasteiger partial charge in [-0.05, 0) is 0 Å². The second-order valence-electron chi connectivity index (χ2n) is 2.03. The third-order valence-corrected chi connectivity index (χ3v) is 3.79. The number of halogens is 4. The molecule has 0 atom stereocenters. The maximum absolute atomic E-state index is 12.0. The molecule has 0 saturated carbocycles. The van der Waals surface area contributed by atoms with Crippen LogP contribution < -0.4 is 4.04 Å². The standard InChI is InChI=1S/C7H4F3.BrH.Pd/c8-7(9,10)6-4-2-1-3-5-6;;/h2-5H;1H;/q;;+1/p-1. The molecule has 1 aromatic carbocycles. The number of rotatable bonds is 1. The molecule has 0 nitrogen and oxygen atoms in total. The van der Waals surface area contributed by atoms with E-state index < -0.39 is 11.7 Å². The molecule has 12 heavy (non-hydrogen) atoms. The summed E-state index contributed by atoms with van der Waals surface area (Å²) in [5.74, 6) is 0. The second kappa shape index (κ2) is 3.91. The molecule has 0 heterocycles. The van der Waals surface area contributed by atoms with Crippen LogP contribution in [0.3, 0.4) is 0 Å².